The van der Waals surface area contributed by atoms with Gasteiger partial charge in [-0.05, 0) is 25.1 Å². The van der Waals surface area contributed by atoms with E-state index in [-0.39, 0.29) is 29.6 Å². The van der Waals surface area contributed by atoms with E-state index in [1.165, 1.54) is 10.8 Å². The number of nitrogens with one attached hydrogen (secondary N) is 2. The minimum atomic E-state index is -1.23. The molecule has 1 saturated heterocycles. The summed E-state index contributed by atoms with van der Waals surface area (Å²) in [7, 11) is 1.75. The molecule has 0 spiro atoms. The van der Waals surface area contributed by atoms with Crippen LogP contribution in [0.15, 0.2) is 30.7 Å². The molecule has 1 aliphatic heterocycles. The minimum Gasteiger partial charge on any atom is -0.346 e. The number of fused-ring (bicyclic) bond motifs is 1. The molecule has 2 aromatic heterocycles. The number of amides is 1. The van der Waals surface area contributed by atoms with Crippen molar-refractivity contribution in [3.63, 3.8) is 0 Å². The summed E-state index contributed by atoms with van der Waals surface area (Å²) in [5.74, 6) is -1.95. The van der Waals surface area contributed by atoms with Crippen LogP contribution >= 0.6 is 0 Å². The van der Waals surface area contributed by atoms with Crippen molar-refractivity contribution in [1.29, 1.82) is 0 Å². The maximum absolute atomic E-state index is 14.5. The molecule has 1 aliphatic rings. The van der Waals surface area contributed by atoms with Gasteiger partial charge >= 0.3 is 0 Å². The lowest BCUT2D eigenvalue weighted by Crippen LogP contribution is -2.50. The lowest BCUT2D eigenvalue weighted by molar-refractivity contribution is 0.0893. The first-order valence-corrected chi connectivity index (χ1v) is 9.04. The number of aryl methyl sites for hydroxylation is 1. The molecule has 0 saturated carbocycles. The van der Waals surface area contributed by atoms with Crippen molar-refractivity contribution in [1.82, 2.24) is 25.0 Å². The Balaban J connectivity index is 1.73. The van der Waals surface area contributed by atoms with Crippen molar-refractivity contribution in [2.45, 2.75) is 25.2 Å². The van der Waals surface area contributed by atoms with Crippen LogP contribution in [0.1, 0.15) is 22.3 Å². The Labute approximate surface area is 159 Å². The number of alkyl halides is 1. The molecule has 2 unspecified atom stereocenters. The average molecular weight is 391 g/mol. The molecule has 1 fully saturated rings. The van der Waals surface area contributed by atoms with Crippen LogP contribution in [-0.2, 0) is 13.6 Å². The number of nitrogens with zero attached hydrogens (tertiary/aromatic N) is 3. The van der Waals surface area contributed by atoms with Crippen LogP contribution in [0.4, 0.5) is 13.2 Å². The number of hydrogen-bond acceptors (Lipinski definition) is 3. The number of carbonyl (C=O) groups excluding carboxylic acids is 1. The van der Waals surface area contributed by atoms with Crippen LogP contribution in [0.25, 0.3) is 10.9 Å². The summed E-state index contributed by atoms with van der Waals surface area (Å²) < 4.78 is 46.2. The second-order valence-electron chi connectivity index (χ2n) is 7.03. The zero-order chi connectivity index (χ0) is 19.8. The van der Waals surface area contributed by atoms with Gasteiger partial charge in [-0.1, -0.05) is 0 Å². The van der Waals surface area contributed by atoms with Gasteiger partial charge in [-0.3, -0.25) is 9.48 Å². The highest BCUT2D eigenvalue weighted by Crippen LogP contribution is 2.28. The van der Waals surface area contributed by atoms with Crippen molar-refractivity contribution >= 4 is 16.8 Å². The summed E-state index contributed by atoms with van der Waals surface area (Å²) in [5.41, 5.74) is 0.759. The van der Waals surface area contributed by atoms with Crippen molar-refractivity contribution in [3.8, 4) is 0 Å². The molecular weight excluding hydrogens is 371 g/mol. The largest absolute Gasteiger partial charge is 0.346 e. The third-order valence-corrected chi connectivity index (χ3v) is 5.00. The molecule has 3 aromatic rings. The Bertz CT molecular complexity index is 1030. The third kappa shape index (κ3) is 3.37. The van der Waals surface area contributed by atoms with Crippen LogP contribution in [-0.4, -0.2) is 45.6 Å². The Hall–Kier alpha value is -2.81. The van der Waals surface area contributed by atoms with E-state index in [4.69, 9.17) is 0 Å². The predicted octanol–water partition coefficient (Wildman–Crippen LogP) is 2.13. The van der Waals surface area contributed by atoms with Gasteiger partial charge in [0.15, 0.2) is 0 Å². The fraction of sp³-hybridized carbons (Fsp3) is 0.368. The van der Waals surface area contributed by atoms with Gasteiger partial charge in [0.25, 0.3) is 5.91 Å². The summed E-state index contributed by atoms with van der Waals surface area (Å²) in [4.78, 5) is 12.8. The Kier molecular flexibility index (Phi) is 4.84. The molecule has 1 amide bonds. The average Bonchev–Trinajstić information content (AvgIpc) is 3.25. The molecule has 4 rings (SSSR count). The van der Waals surface area contributed by atoms with Crippen LogP contribution in [0, 0.1) is 11.6 Å². The Morgan fingerprint density at radius 2 is 2.11 bits per heavy atom. The molecule has 6 nitrogen and oxygen atoms in total. The molecule has 1 aromatic carbocycles. The smallest absolute Gasteiger partial charge is 0.253 e. The lowest BCUT2D eigenvalue weighted by Gasteiger charge is -2.27. The van der Waals surface area contributed by atoms with Crippen molar-refractivity contribution in [3.05, 3.63) is 53.5 Å². The fourth-order valence-corrected chi connectivity index (χ4v) is 3.64. The van der Waals surface area contributed by atoms with Gasteiger partial charge in [0.05, 0.1) is 35.2 Å². The maximum atomic E-state index is 14.5. The Morgan fingerprint density at radius 3 is 2.82 bits per heavy atom. The highest BCUT2D eigenvalue weighted by molar-refractivity contribution is 6.07. The van der Waals surface area contributed by atoms with Crippen molar-refractivity contribution in [2.75, 3.05) is 13.1 Å². The summed E-state index contributed by atoms with van der Waals surface area (Å²) >= 11 is 0. The zero-order valence-corrected chi connectivity index (χ0v) is 15.3. The summed E-state index contributed by atoms with van der Waals surface area (Å²) in [6.07, 6.45) is 3.98. The van der Waals surface area contributed by atoms with Gasteiger partial charge in [-0.25, -0.2) is 13.2 Å². The number of halogens is 3. The van der Waals surface area contributed by atoms with Gasteiger partial charge < -0.3 is 15.2 Å². The monoisotopic (exact) mass is 391 g/mol. The molecular formula is C19H20F3N5O. The molecule has 148 valence electrons. The number of piperidine rings is 1. The van der Waals surface area contributed by atoms with E-state index >= 15 is 0 Å². The molecule has 2 N–H and O–H groups in total. The second-order valence-corrected chi connectivity index (χ2v) is 7.03. The number of hydrogen-bond donors (Lipinski definition) is 2. The maximum Gasteiger partial charge on any atom is 0.253 e. The van der Waals surface area contributed by atoms with Crippen LogP contribution < -0.4 is 10.6 Å². The Morgan fingerprint density at radius 1 is 1.32 bits per heavy atom. The van der Waals surface area contributed by atoms with E-state index < -0.39 is 29.8 Å². The van der Waals surface area contributed by atoms with Crippen LogP contribution in [0.5, 0.6) is 0 Å². The van der Waals surface area contributed by atoms with E-state index in [0.717, 1.165) is 17.7 Å². The van der Waals surface area contributed by atoms with Gasteiger partial charge in [0, 0.05) is 31.5 Å². The quantitative estimate of drug-likeness (QED) is 0.716. The zero-order valence-electron chi connectivity index (χ0n) is 15.3. The number of rotatable bonds is 4. The molecule has 2 atom stereocenters. The van der Waals surface area contributed by atoms with Gasteiger partial charge in [-0.2, -0.15) is 5.10 Å². The van der Waals surface area contributed by atoms with E-state index in [9.17, 15) is 18.0 Å². The van der Waals surface area contributed by atoms with E-state index in [2.05, 4.69) is 15.7 Å². The second kappa shape index (κ2) is 7.31. The molecule has 0 bridgehead atoms. The molecule has 0 radical (unpaired) electrons. The highest BCUT2D eigenvalue weighted by Gasteiger charge is 2.28. The van der Waals surface area contributed by atoms with Crippen molar-refractivity contribution < 1.29 is 18.0 Å². The highest BCUT2D eigenvalue weighted by atomic mass is 19.1. The fourth-order valence-electron chi connectivity index (χ4n) is 3.64. The van der Waals surface area contributed by atoms with Crippen LogP contribution in [0.3, 0.4) is 0 Å². The van der Waals surface area contributed by atoms with E-state index in [1.807, 2.05) is 0 Å². The van der Waals surface area contributed by atoms with E-state index in [1.54, 1.807) is 24.1 Å². The molecule has 3 heterocycles. The first-order valence-electron chi connectivity index (χ1n) is 9.04. The first kappa shape index (κ1) is 18.5. The number of carbonyl (C=O) groups is 1. The van der Waals surface area contributed by atoms with E-state index in [0.29, 0.717) is 13.0 Å². The summed E-state index contributed by atoms with van der Waals surface area (Å²) in [6.45, 7) is 0.949. The minimum absolute atomic E-state index is 0.00360. The summed E-state index contributed by atoms with van der Waals surface area (Å²) in [6, 6.07) is 1.36. The number of benzene rings is 1. The lowest BCUT2D eigenvalue weighted by atomic mass is 10.0. The van der Waals surface area contributed by atoms with Crippen molar-refractivity contribution in [2.24, 2.45) is 7.05 Å². The number of aromatic nitrogens is 3. The molecule has 9 heteroatoms. The molecule has 0 aliphatic carbocycles. The van der Waals surface area contributed by atoms with Gasteiger partial charge in [0.1, 0.15) is 17.8 Å². The third-order valence-electron chi connectivity index (χ3n) is 5.00. The first-order chi connectivity index (χ1) is 13.4. The van der Waals surface area contributed by atoms with Gasteiger partial charge in [-0.15, -0.1) is 0 Å². The topological polar surface area (TPSA) is 63.9 Å². The standard InChI is InChI=1S/C19H20F3N5O/c1-26-8-11(6-24-26)9-27-10-12(17-13(20)2-3-14(21)18(17)27)19(28)25-16-4-5-23-7-15(16)22/h2-3,6,8,10,15-16,23H,4-5,7,9H2,1H3,(H,25,28). The van der Waals surface area contributed by atoms with Crippen LogP contribution in [0.2, 0.25) is 0 Å². The van der Waals surface area contributed by atoms with Gasteiger partial charge in [0.2, 0.25) is 0 Å². The normalized spacial score (nSPS) is 19.9. The SMILES string of the molecule is Cn1cc(Cn2cc(C(=O)NC3CCNCC3F)c3c(F)ccc(F)c32)cn1. The summed E-state index contributed by atoms with van der Waals surface area (Å²) in [5, 5.41) is 9.50. The predicted molar refractivity (Wildman–Crippen MR) is 97.8 cm³/mol. The molecule has 28 heavy (non-hydrogen) atoms.